The summed E-state index contributed by atoms with van der Waals surface area (Å²) in [6.45, 7) is 0. The minimum Gasteiger partial charge on any atom is -0.744 e. The van der Waals surface area contributed by atoms with Gasteiger partial charge in [-0.3, -0.25) is 0 Å². The molecule has 196 valence electrons. The van der Waals surface area contributed by atoms with E-state index in [9.17, 15) is 78.8 Å². The third kappa shape index (κ3) is 5.49. The monoisotopic (exact) mass is 576 g/mol. The van der Waals surface area contributed by atoms with Crippen LogP contribution < -0.4 is 34.3 Å². The largest absolute Gasteiger partial charge is 1.00 e. The van der Waals surface area contributed by atoms with E-state index in [1.807, 2.05) is 0 Å². The second-order valence-electron chi connectivity index (χ2n) is 5.96. The Labute approximate surface area is 205 Å². The summed E-state index contributed by atoms with van der Waals surface area (Å²) in [6.07, 6.45) is -7.71. The number of benzene rings is 1. The molecule has 0 atom stereocenters. The van der Waals surface area contributed by atoms with E-state index >= 15 is 0 Å². The molecule has 1 aromatic carbocycles. The number of ether oxygens (including phenoxy) is 1. The van der Waals surface area contributed by atoms with Crippen molar-refractivity contribution in [1.82, 2.24) is 0 Å². The fraction of sp³-hybridized carbons (Fsp3) is 0.429. The van der Waals surface area contributed by atoms with Crippen LogP contribution in [0.3, 0.4) is 0 Å². The van der Waals surface area contributed by atoms with Gasteiger partial charge in [-0.2, -0.15) is 65.9 Å². The minimum absolute atomic E-state index is 0. The molecule has 1 aromatic rings. The summed E-state index contributed by atoms with van der Waals surface area (Å²) in [5.74, 6) is -47.0. The van der Waals surface area contributed by atoms with E-state index in [1.165, 1.54) is 0 Å². The van der Waals surface area contributed by atoms with Gasteiger partial charge in [0.15, 0.2) is 0 Å². The summed E-state index contributed by atoms with van der Waals surface area (Å²) >= 11 is 0. The minimum atomic E-state index is -8.41. The summed E-state index contributed by atoms with van der Waals surface area (Å²) in [4.78, 5) is -1.67. The maximum absolute atomic E-state index is 13.6. The molecular weight excluding hydrogens is 572 g/mol. The topological polar surface area (TPSA) is 66.4 Å². The van der Waals surface area contributed by atoms with Crippen molar-refractivity contribution in [2.75, 3.05) is 0 Å². The zero-order valence-corrected chi connectivity index (χ0v) is 18.8. The maximum atomic E-state index is 13.6. The van der Waals surface area contributed by atoms with Crippen LogP contribution >= 0.6 is 0 Å². The van der Waals surface area contributed by atoms with Crippen molar-refractivity contribution in [2.24, 2.45) is 0 Å². The van der Waals surface area contributed by atoms with Crippen molar-refractivity contribution in [3.8, 4) is 5.75 Å². The Kier molecular flexibility index (Phi) is 9.44. The van der Waals surface area contributed by atoms with Crippen molar-refractivity contribution >= 4 is 10.1 Å². The van der Waals surface area contributed by atoms with Gasteiger partial charge in [-0.05, 0) is 12.1 Å². The van der Waals surface area contributed by atoms with E-state index in [0.717, 1.165) is 0 Å². The Morgan fingerprint density at radius 1 is 0.714 bits per heavy atom. The second-order valence-corrected chi connectivity index (χ2v) is 7.31. The molecule has 0 fully saturated rings. The molecule has 0 radical (unpaired) electrons. The van der Waals surface area contributed by atoms with Crippen LogP contribution in [0.2, 0.25) is 0 Å². The van der Waals surface area contributed by atoms with Crippen LogP contribution in [0.5, 0.6) is 5.75 Å². The summed E-state index contributed by atoms with van der Waals surface area (Å²) < 4.78 is 232. The predicted octanol–water partition coefficient (Wildman–Crippen LogP) is 2.82. The molecule has 1 rings (SSSR count). The summed E-state index contributed by atoms with van der Waals surface area (Å²) in [7, 11) is -5.67. The molecule has 4 nitrogen and oxygen atoms in total. The van der Waals surface area contributed by atoms with E-state index in [2.05, 4.69) is 4.74 Å². The van der Waals surface area contributed by atoms with Crippen molar-refractivity contribution in [2.45, 2.75) is 40.7 Å². The van der Waals surface area contributed by atoms with Gasteiger partial charge in [0.05, 0.1) is 4.90 Å². The average molecular weight is 576 g/mol. The standard InChI is InChI=1S/C14H5F15O4S.Na/c15-7(8(16)33-5-3-1-2-4-6(5)34(30,31)32)9(17,18)10(19,20)11(21,22)12(23,24)13(25,26)14(27,28)29;/h1-4H,(H,30,31,32);/q;+1/p-1. The van der Waals surface area contributed by atoms with Gasteiger partial charge in [-0.1, -0.05) is 12.1 Å². The third-order valence-electron chi connectivity index (χ3n) is 3.70. The maximum Gasteiger partial charge on any atom is 1.00 e. The number of hydrogen-bond donors (Lipinski definition) is 0. The van der Waals surface area contributed by atoms with Crippen LogP contribution in [0.15, 0.2) is 41.0 Å². The van der Waals surface area contributed by atoms with Gasteiger partial charge in [-0.15, -0.1) is 0 Å². The zero-order chi connectivity index (χ0) is 27.3. The smallest absolute Gasteiger partial charge is 0.744 e. The normalized spacial score (nSPS) is 15.3. The molecule has 0 aliphatic carbocycles. The number of halogens is 15. The van der Waals surface area contributed by atoms with Gasteiger partial charge in [0, 0.05) is 0 Å². The molecule has 0 aliphatic heterocycles. The summed E-state index contributed by atoms with van der Waals surface area (Å²) in [5.41, 5.74) is 0. The molecule has 0 unspecified atom stereocenters. The van der Waals surface area contributed by atoms with Crippen LogP contribution in [0.25, 0.3) is 0 Å². The number of rotatable bonds is 8. The van der Waals surface area contributed by atoms with Gasteiger partial charge in [0.25, 0.3) is 0 Å². The zero-order valence-electron chi connectivity index (χ0n) is 16.0. The first-order valence-electron chi connectivity index (χ1n) is 7.52. The first kappa shape index (κ1) is 33.6. The molecule has 0 N–H and O–H groups in total. The molecule has 0 amide bonds. The van der Waals surface area contributed by atoms with Gasteiger partial charge in [0.1, 0.15) is 15.9 Å². The van der Waals surface area contributed by atoms with Crippen LogP contribution in [-0.2, 0) is 10.1 Å². The first-order chi connectivity index (χ1) is 14.8. The number of allylic oxidation sites excluding steroid dienone is 1. The summed E-state index contributed by atoms with van der Waals surface area (Å²) in [6, 6.07) is -2.00. The Morgan fingerprint density at radius 2 is 1.11 bits per heavy atom. The molecule has 0 spiro atoms. The van der Waals surface area contributed by atoms with Gasteiger partial charge in [-0.25, -0.2) is 8.42 Å². The third-order valence-corrected chi connectivity index (χ3v) is 4.58. The quantitative estimate of drug-likeness (QED) is 0.207. The first-order valence-corrected chi connectivity index (χ1v) is 8.93. The van der Waals surface area contributed by atoms with Crippen LogP contribution in [-0.4, -0.2) is 48.8 Å². The summed E-state index contributed by atoms with van der Waals surface area (Å²) in [5, 5.41) is 0. The molecule has 0 heterocycles. The van der Waals surface area contributed by atoms with Crippen LogP contribution in [0, 0.1) is 0 Å². The molecule has 35 heavy (non-hydrogen) atoms. The molecule has 0 bridgehead atoms. The van der Waals surface area contributed by atoms with E-state index in [4.69, 9.17) is 0 Å². The molecular formula is C14H4F15NaO4S. The van der Waals surface area contributed by atoms with E-state index in [0.29, 0.717) is 12.1 Å². The van der Waals surface area contributed by atoms with Crippen molar-refractivity contribution in [3.63, 3.8) is 0 Å². The Balaban J connectivity index is 0.0000116. The van der Waals surface area contributed by atoms with Crippen molar-refractivity contribution < 1.29 is 113 Å². The van der Waals surface area contributed by atoms with Crippen LogP contribution in [0.4, 0.5) is 65.9 Å². The van der Waals surface area contributed by atoms with E-state index < -0.39 is 68.4 Å². The molecule has 0 aliphatic rings. The second kappa shape index (κ2) is 9.82. The van der Waals surface area contributed by atoms with E-state index in [-0.39, 0.29) is 41.7 Å². The average Bonchev–Trinajstić information content (AvgIpc) is 2.65. The number of hydrogen-bond acceptors (Lipinski definition) is 4. The molecule has 0 saturated heterocycles. The Hall–Kier alpha value is -1.38. The molecule has 0 aromatic heterocycles. The molecule has 0 saturated carbocycles. The fourth-order valence-corrected chi connectivity index (χ4v) is 2.51. The SMILES string of the molecule is O=S(=O)([O-])c1ccccc1OC(F)=C(F)C(F)(F)C(F)(F)C(F)(F)C(F)(F)C(F)(F)C(F)(F)F.[Na+]. The van der Waals surface area contributed by atoms with E-state index in [1.54, 1.807) is 0 Å². The van der Waals surface area contributed by atoms with Crippen molar-refractivity contribution in [3.05, 3.63) is 36.1 Å². The number of para-hydroxylation sites is 1. The van der Waals surface area contributed by atoms with Crippen LogP contribution in [0.1, 0.15) is 0 Å². The van der Waals surface area contributed by atoms with Gasteiger partial charge in [0.2, 0.25) is 5.83 Å². The predicted molar refractivity (Wildman–Crippen MR) is 75.1 cm³/mol. The Bertz CT molecular complexity index is 1070. The fourth-order valence-electron chi connectivity index (χ4n) is 1.91. The van der Waals surface area contributed by atoms with Crippen molar-refractivity contribution in [1.29, 1.82) is 0 Å². The molecule has 21 heteroatoms. The Morgan fingerprint density at radius 3 is 1.51 bits per heavy atom. The number of alkyl halides is 13. The van der Waals surface area contributed by atoms with Gasteiger partial charge >= 0.3 is 71.4 Å². The van der Waals surface area contributed by atoms with Gasteiger partial charge < -0.3 is 9.29 Å².